The monoisotopic (exact) mass is 493 g/mol. The summed E-state index contributed by atoms with van der Waals surface area (Å²) >= 11 is 0. The van der Waals surface area contributed by atoms with E-state index in [2.05, 4.69) is 10.6 Å². The second-order valence-electron chi connectivity index (χ2n) is 10.7. The number of ether oxygens (including phenoxy) is 2. The fraction of sp³-hybridized carbons (Fsp3) is 0.760. The summed E-state index contributed by atoms with van der Waals surface area (Å²) in [6.07, 6.45) is 6.49. The largest absolute Gasteiger partial charge is 0.464 e. The molecule has 196 valence electrons. The Hall–Kier alpha value is -2.62. The van der Waals surface area contributed by atoms with Crippen LogP contribution in [-0.2, 0) is 23.9 Å². The van der Waals surface area contributed by atoms with E-state index in [1.54, 1.807) is 27.7 Å². The van der Waals surface area contributed by atoms with Crippen molar-refractivity contribution in [3.05, 3.63) is 12.2 Å². The molecule has 35 heavy (non-hydrogen) atoms. The van der Waals surface area contributed by atoms with Crippen LogP contribution >= 0.6 is 0 Å². The van der Waals surface area contributed by atoms with E-state index in [-0.39, 0.29) is 25.5 Å². The van der Waals surface area contributed by atoms with Crippen molar-refractivity contribution < 1.29 is 33.8 Å². The molecule has 2 heterocycles. The van der Waals surface area contributed by atoms with Crippen LogP contribution in [0.3, 0.4) is 0 Å². The van der Waals surface area contributed by atoms with Gasteiger partial charge in [0.05, 0.1) is 12.7 Å². The Kier molecular flexibility index (Phi) is 8.46. The smallest absolute Gasteiger partial charge is 0.408 e. The van der Waals surface area contributed by atoms with Crippen molar-refractivity contribution >= 4 is 23.9 Å². The summed E-state index contributed by atoms with van der Waals surface area (Å²) in [6.45, 7) is 7.08. The van der Waals surface area contributed by atoms with Gasteiger partial charge in [-0.1, -0.05) is 25.0 Å². The molecule has 3 rings (SSSR count). The van der Waals surface area contributed by atoms with E-state index in [1.165, 1.54) is 4.90 Å². The minimum absolute atomic E-state index is 0.0286. The standard InChI is InChI=1S/C25H39N3O7/c1-5-34-22(32)25-14-16(25)11-9-7-6-8-10-12-18(26-23(33)35-24(2,3)4)21(31)28-15-17(29)13-19(28)20(30)27-25/h9,11,16-19,29H,5-8,10,12-15H2,1-4H3,(H,26,33)(H,27,30)/b11-9-/t16-,17-,18+,19-,25+/m0/s1. The first-order chi connectivity index (χ1) is 16.5. The van der Waals surface area contributed by atoms with Crippen LogP contribution in [0.5, 0.6) is 0 Å². The highest BCUT2D eigenvalue weighted by atomic mass is 16.6. The number of aliphatic hydroxyl groups is 1. The van der Waals surface area contributed by atoms with Crippen LogP contribution in [0.1, 0.15) is 72.6 Å². The number of carbonyl (C=O) groups is 4. The van der Waals surface area contributed by atoms with Gasteiger partial charge in [0, 0.05) is 18.9 Å². The molecule has 1 saturated heterocycles. The molecule has 1 saturated carbocycles. The zero-order valence-electron chi connectivity index (χ0n) is 21.2. The van der Waals surface area contributed by atoms with E-state index >= 15 is 0 Å². The lowest BCUT2D eigenvalue weighted by Crippen LogP contribution is -2.56. The number of hydrogen-bond acceptors (Lipinski definition) is 7. The van der Waals surface area contributed by atoms with Gasteiger partial charge >= 0.3 is 12.1 Å². The maximum absolute atomic E-state index is 13.5. The predicted octanol–water partition coefficient (Wildman–Crippen LogP) is 1.80. The van der Waals surface area contributed by atoms with Crippen molar-refractivity contribution in [2.75, 3.05) is 13.2 Å². The van der Waals surface area contributed by atoms with E-state index in [0.29, 0.717) is 19.3 Å². The Labute approximate surface area is 206 Å². The van der Waals surface area contributed by atoms with Gasteiger partial charge in [-0.3, -0.25) is 9.59 Å². The highest BCUT2D eigenvalue weighted by Crippen LogP contribution is 2.46. The fourth-order valence-corrected chi connectivity index (χ4v) is 4.77. The zero-order chi connectivity index (χ0) is 25.8. The molecule has 2 aliphatic heterocycles. The number of fused-ring (bicyclic) bond motifs is 2. The second-order valence-corrected chi connectivity index (χ2v) is 10.7. The Morgan fingerprint density at radius 3 is 2.69 bits per heavy atom. The predicted molar refractivity (Wildman–Crippen MR) is 127 cm³/mol. The lowest BCUT2D eigenvalue weighted by molar-refractivity contribution is -0.150. The molecular formula is C25H39N3O7. The number of nitrogens with zero attached hydrogens (tertiary/aromatic N) is 1. The first-order valence-corrected chi connectivity index (χ1v) is 12.6. The number of amides is 3. The van der Waals surface area contributed by atoms with E-state index in [1.807, 2.05) is 12.2 Å². The third-order valence-electron chi connectivity index (χ3n) is 6.59. The van der Waals surface area contributed by atoms with Gasteiger partial charge < -0.3 is 30.1 Å². The maximum atomic E-state index is 13.5. The molecule has 10 nitrogen and oxygen atoms in total. The summed E-state index contributed by atoms with van der Waals surface area (Å²) in [5.41, 5.74) is -1.88. The van der Waals surface area contributed by atoms with E-state index in [4.69, 9.17) is 9.47 Å². The minimum Gasteiger partial charge on any atom is -0.464 e. The van der Waals surface area contributed by atoms with E-state index in [9.17, 15) is 24.3 Å². The van der Waals surface area contributed by atoms with Gasteiger partial charge in [-0.25, -0.2) is 9.59 Å². The molecule has 0 aromatic carbocycles. The minimum atomic E-state index is -1.15. The van der Waals surface area contributed by atoms with Crippen LogP contribution in [-0.4, -0.2) is 76.4 Å². The summed E-state index contributed by atoms with van der Waals surface area (Å²) < 4.78 is 10.6. The fourth-order valence-electron chi connectivity index (χ4n) is 4.77. The van der Waals surface area contributed by atoms with Crippen molar-refractivity contribution in [3.8, 4) is 0 Å². The molecule has 0 bridgehead atoms. The van der Waals surface area contributed by atoms with Crippen molar-refractivity contribution in [2.24, 2.45) is 5.92 Å². The Morgan fingerprint density at radius 1 is 1.26 bits per heavy atom. The van der Waals surface area contributed by atoms with Gasteiger partial charge in [0.25, 0.3) is 0 Å². The Morgan fingerprint density at radius 2 is 2.00 bits per heavy atom. The molecule has 0 aromatic rings. The van der Waals surface area contributed by atoms with Gasteiger partial charge in [0.15, 0.2) is 0 Å². The molecule has 3 aliphatic rings. The van der Waals surface area contributed by atoms with E-state index < -0.39 is 53.2 Å². The number of hydrogen-bond donors (Lipinski definition) is 3. The molecule has 3 amide bonds. The second kappa shape index (κ2) is 11.0. The molecule has 0 unspecified atom stereocenters. The van der Waals surface area contributed by atoms with Crippen LogP contribution in [0, 0.1) is 5.92 Å². The van der Waals surface area contributed by atoms with Gasteiger partial charge in [-0.15, -0.1) is 0 Å². The zero-order valence-corrected chi connectivity index (χ0v) is 21.2. The molecular weight excluding hydrogens is 454 g/mol. The number of nitrogens with one attached hydrogen (secondary N) is 2. The van der Waals surface area contributed by atoms with Crippen molar-refractivity contribution in [3.63, 3.8) is 0 Å². The number of rotatable bonds is 3. The lowest BCUT2D eigenvalue weighted by Gasteiger charge is -2.30. The third-order valence-corrected chi connectivity index (χ3v) is 6.59. The number of esters is 1. The van der Waals surface area contributed by atoms with Crippen LogP contribution in [0.2, 0.25) is 0 Å². The summed E-state index contributed by atoms with van der Waals surface area (Å²) in [7, 11) is 0. The number of allylic oxidation sites excluding steroid dienone is 1. The number of carbonyl (C=O) groups excluding carboxylic acids is 4. The van der Waals surface area contributed by atoms with Crippen LogP contribution in [0.15, 0.2) is 12.2 Å². The third kappa shape index (κ3) is 6.74. The highest BCUT2D eigenvalue weighted by molar-refractivity contribution is 5.96. The molecule has 0 aromatic heterocycles. The molecule has 1 aliphatic carbocycles. The first-order valence-electron chi connectivity index (χ1n) is 12.6. The summed E-state index contributed by atoms with van der Waals surface area (Å²) in [5.74, 6) is -1.62. The average Bonchev–Trinajstić information content (AvgIpc) is 3.30. The van der Waals surface area contributed by atoms with Crippen LogP contribution < -0.4 is 10.6 Å². The lowest BCUT2D eigenvalue weighted by atomic mass is 10.0. The SMILES string of the molecule is CCOC(=O)[C@@]12C[C@@H]1/C=C\CCCCC[C@@H](NC(=O)OC(C)(C)C)C(=O)N1C[C@@H](O)C[C@H]1C(=O)N2. The molecule has 2 fully saturated rings. The first kappa shape index (κ1) is 27.0. The summed E-state index contributed by atoms with van der Waals surface area (Å²) in [4.78, 5) is 53.4. The van der Waals surface area contributed by atoms with Crippen LogP contribution in [0.4, 0.5) is 4.79 Å². The highest BCUT2D eigenvalue weighted by Gasteiger charge is 2.62. The number of aliphatic hydroxyl groups excluding tert-OH is 1. The van der Waals surface area contributed by atoms with Crippen molar-refractivity contribution in [2.45, 2.75) is 102 Å². The normalized spacial score (nSPS) is 32.8. The summed E-state index contributed by atoms with van der Waals surface area (Å²) in [6, 6.07) is -1.85. The van der Waals surface area contributed by atoms with Crippen molar-refractivity contribution in [1.82, 2.24) is 15.5 Å². The van der Waals surface area contributed by atoms with Crippen molar-refractivity contribution in [1.29, 1.82) is 0 Å². The quantitative estimate of drug-likeness (QED) is 0.403. The maximum Gasteiger partial charge on any atom is 0.408 e. The van der Waals surface area contributed by atoms with Gasteiger partial charge in [0.2, 0.25) is 11.8 Å². The Bertz CT molecular complexity index is 852. The van der Waals surface area contributed by atoms with Crippen LogP contribution in [0.25, 0.3) is 0 Å². The summed E-state index contributed by atoms with van der Waals surface area (Å²) in [5, 5.41) is 15.8. The molecule has 5 atom stereocenters. The average molecular weight is 494 g/mol. The molecule has 3 N–H and O–H groups in total. The molecule has 0 radical (unpaired) electrons. The Balaban J connectivity index is 1.84. The topological polar surface area (TPSA) is 134 Å². The van der Waals surface area contributed by atoms with E-state index in [0.717, 1.165) is 19.3 Å². The van der Waals surface area contributed by atoms with Gasteiger partial charge in [-0.05, 0) is 53.4 Å². The molecule has 0 spiro atoms. The van der Waals surface area contributed by atoms with Gasteiger partial charge in [0.1, 0.15) is 23.2 Å². The molecule has 10 heteroatoms. The number of alkyl carbamates (subject to hydrolysis) is 1. The van der Waals surface area contributed by atoms with Gasteiger partial charge in [-0.2, -0.15) is 0 Å².